The molecule has 9 nitrogen and oxygen atoms in total. The van der Waals surface area contributed by atoms with E-state index in [1.165, 1.54) is 6.07 Å². The highest BCUT2D eigenvalue weighted by atomic mass is 19.4. The van der Waals surface area contributed by atoms with Crippen molar-refractivity contribution in [2.45, 2.75) is 24.9 Å². The van der Waals surface area contributed by atoms with Crippen LogP contribution in [0.4, 0.5) is 30.9 Å². The average molecular weight is 501 g/mol. The molecule has 1 aliphatic heterocycles. The molecule has 36 heavy (non-hydrogen) atoms. The second-order valence-electron chi connectivity index (χ2n) is 8.93. The first kappa shape index (κ1) is 24.2. The molecule has 0 amide bonds. The fourth-order valence-corrected chi connectivity index (χ4v) is 4.07. The smallest absolute Gasteiger partial charge is 0.395 e. The number of rotatable bonds is 8. The highest BCUT2D eigenvalue weighted by molar-refractivity contribution is 5.68. The third-order valence-electron chi connectivity index (χ3n) is 6.21. The van der Waals surface area contributed by atoms with Crippen LogP contribution < -0.4 is 10.2 Å². The molecule has 190 valence electrons. The van der Waals surface area contributed by atoms with Gasteiger partial charge in [0.1, 0.15) is 0 Å². The van der Waals surface area contributed by atoms with Crippen LogP contribution in [0.15, 0.2) is 30.3 Å². The molecule has 2 aromatic heterocycles. The summed E-state index contributed by atoms with van der Waals surface area (Å²) in [4.78, 5) is 17.8. The SMILES string of the molecule is OCCN1CCN(c2nc(/C=C/c3cccc(C(F)(F)F)c3)nc(Nc3cc(C4CC4)[nH]n3)n2)CC1. The van der Waals surface area contributed by atoms with E-state index >= 15 is 0 Å². The first-order valence-electron chi connectivity index (χ1n) is 11.9. The lowest BCUT2D eigenvalue weighted by Gasteiger charge is -2.34. The van der Waals surface area contributed by atoms with Gasteiger partial charge in [-0.15, -0.1) is 0 Å². The molecule has 0 unspecified atom stereocenters. The number of aromatic nitrogens is 5. The van der Waals surface area contributed by atoms with Crippen LogP contribution in [0.2, 0.25) is 0 Å². The van der Waals surface area contributed by atoms with Crippen molar-refractivity contribution in [3.63, 3.8) is 0 Å². The van der Waals surface area contributed by atoms with Crippen LogP contribution >= 0.6 is 0 Å². The molecule has 2 aliphatic rings. The Morgan fingerprint density at radius 2 is 1.86 bits per heavy atom. The number of aliphatic hydroxyl groups is 1. The molecular formula is C24H27F3N8O. The van der Waals surface area contributed by atoms with E-state index in [4.69, 9.17) is 0 Å². The second-order valence-corrected chi connectivity index (χ2v) is 8.93. The number of β-amino-alcohol motifs (C(OH)–C–C–N with tert-alkyl or cyclic N) is 1. The molecule has 0 radical (unpaired) electrons. The molecule has 0 spiro atoms. The zero-order valence-corrected chi connectivity index (χ0v) is 19.5. The number of H-pyrrole nitrogens is 1. The molecule has 1 saturated heterocycles. The van der Waals surface area contributed by atoms with Crippen molar-refractivity contribution in [2.75, 3.05) is 49.5 Å². The number of aromatic amines is 1. The molecule has 1 saturated carbocycles. The number of benzene rings is 1. The lowest BCUT2D eigenvalue weighted by atomic mass is 10.1. The van der Waals surface area contributed by atoms with Crippen molar-refractivity contribution < 1.29 is 18.3 Å². The summed E-state index contributed by atoms with van der Waals surface area (Å²) in [6.45, 7) is 3.59. The van der Waals surface area contributed by atoms with Crippen LogP contribution in [-0.4, -0.2) is 74.5 Å². The second kappa shape index (κ2) is 10.2. The van der Waals surface area contributed by atoms with Crippen molar-refractivity contribution in [3.05, 3.63) is 53.0 Å². The highest BCUT2D eigenvalue weighted by Crippen LogP contribution is 2.39. The highest BCUT2D eigenvalue weighted by Gasteiger charge is 2.30. The van der Waals surface area contributed by atoms with Gasteiger partial charge in [0, 0.05) is 50.4 Å². The van der Waals surface area contributed by atoms with Gasteiger partial charge in [-0.1, -0.05) is 18.2 Å². The minimum Gasteiger partial charge on any atom is -0.395 e. The number of hydrogen-bond acceptors (Lipinski definition) is 8. The Balaban J connectivity index is 1.40. The number of hydrogen-bond donors (Lipinski definition) is 3. The fraction of sp³-hybridized carbons (Fsp3) is 0.417. The van der Waals surface area contributed by atoms with E-state index in [1.807, 2.05) is 11.0 Å². The van der Waals surface area contributed by atoms with Crippen LogP contribution in [0.1, 0.15) is 41.4 Å². The predicted molar refractivity (Wildman–Crippen MR) is 130 cm³/mol. The van der Waals surface area contributed by atoms with E-state index in [2.05, 4.69) is 35.4 Å². The van der Waals surface area contributed by atoms with Crippen LogP contribution in [0.25, 0.3) is 12.2 Å². The van der Waals surface area contributed by atoms with Gasteiger partial charge >= 0.3 is 6.18 Å². The molecule has 0 atom stereocenters. The summed E-state index contributed by atoms with van der Waals surface area (Å²) in [6, 6.07) is 7.02. The monoisotopic (exact) mass is 500 g/mol. The molecule has 3 aromatic rings. The van der Waals surface area contributed by atoms with E-state index in [0.29, 0.717) is 54.7 Å². The van der Waals surface area contributed by atoms with E-state index < -0.39 is 11.7 Å². The lowest BCUT2D eigenvalue weighted by molar-refractivity contribution is -0.137. The quantitative estimate of drug-likeness (QED) is 0.432. The standard InChI is InChI=1S/C24H27F3N8O/c25-24(26,27)18-3-1-2-16(14-18)4-7-20-28-22(29-21-15-19(32-33-21)17-5-6-17)31-23(30-20)35-10-8-34(9-11-35)12-13-36/h1-4,7,14-15,17,36H,5-6,8-13H2,(H2,28,29,30,31,32,33)/b7-4+. The van der Waals surface area contributed by atoms with Gasteiger partial charge < -0.3 is 15.3 Å². The van der Waals surface area contributed by atoms with Crippen molar-refractivity contribution in [1.29, 1.82) is 0 Å². The molecule has 1 aromatic carbocycles. The van der Waals surface area contributed by atoms with Crippen LogP contribution in [0.5, 0.6) is 0 Å². The van der Waals surface area contributed by atoms with E-state index in [9.17, 15) is 18.3 Å². The molecule has 2 fully saturated rings. The summed E-state index contributed by atoms with van der Waals surface area (Å²) >= 11 is 0. The molecule has 0 bridgehead atoms. The van der Waals surface area contributed by atoms with E-state index in [0.717, 1.165) is 43.8 Å². The Hall–Kier alpha value is -3.51. The number of aliphatic hydroxyl groups excluding tert-OH is 1. The van der Waals surface area contributed by atoms with Crippen LogP contribution in [-0.2, 0) is 6.18 Å². The Labute approximate surface area is 206 Å². The normalized spacial score (nSPS) is 17.2. The number of anilines is 3. The van der Waals surface area contributed by atoms with Crippen LogP contribution in [0, 0.1) is 0 Å². The summed E-state index contributed by atoms with van der Waals surface area (Å²) in [5, 5.41) is 19.7. The third-order valence-corrected chi connectivity index (χ3v) is 6.21. The van der Waals surface area contributed by atoms with Crippen molar-refractivity contribution in [3.8, 4) is 0 Å². The zero-order chi connectivity index (χ0) is 25.1. The van der Waals surface area contributed by atoms with Gasteiger partial charge in [0.15, 0.2) is 11.6 Å². The minimum absolute atomic E-state index is 0.108. The number of alkyl halides is 3. The molecule has 1 aliphatic carbocycles. The van der Waals surface area contributed by atoms with Crippen LogP contribution in [0.3, 0.4) is 0 Å². The zero-order valence-electron chi connectivity index (χ0n) is 19.5. The first-order chi connectivity index (χ1) is 17.4. The number of nitrogens with zero attached hydrogens (tertiary/aromatic N) is 6. The van der Waals surface area contributed by atoms with Crippen molar-refractivity contribution >= 4 is 29.9 Å². The lowest BCUT2D eigenvalue weighted by Crippen LogP contribution is -2.47. The minimum atomic E-state index is -4.41. The third kappa shape index (κ3) is 6.00. The number of piperazine rings is 1. The maximum absolute atomic E-state index is 13.1. The molecule has 5 rings (SSSR count). The van der Waals surface area contributed by atoms with E-state index in [-0.39, 0.29) is 6.61 Å². The molecule has 3 heterocycles. The van der Waals surface area contributed by atoms with Crippen molar-refractivity contribution in [2.24, 2.45) is 0 Å². The van der Waals surface area contributed by atoms with E-state index in [1.54, 1.807) is 18.2 Å². The van der Waals surface area contributed by atoms with Gasteiger partial charge in [-0.3, -0.25) is 10.00 Å². The van der Waals surface area contributed by atoms with Gasteiger partial charge in [0.2, 0.25) is 11.9 Å². The van der Waals surface area contributed by atoms with Gasteiger partial charge in [0.05, 0.1) is 12.2 Å². The molecular weight excluding hydrogens is 473 g/mol. The number of nitrogens with one attached hydrogen (secondary N) is 2. The Morgan fingerprint density at radius 3 is 2.58 bits per heavy atom. The summed E-state index contributed by atoms with van der Waals surface area (Å²) in [5.41, 5.74) is 0.742. The maximum atomic E-state index is 13.1. The van der Waals surface area contributed by atoms with Crippen molar-refractivity contribution in [1.82, 2.24) is 30.0 Å². The summed E-state index contributed by atoms with van der Waals surface area (Å²) in [7, 11) is 0. The van der Waals surface area contributed by atoms with Gasteiger partial charge in [-0.05, 0) is 36.6 Å². The largest absolute Gasteiger partial charge is 0.416 e. The Bertz CT molecular complexity index is 1220. The Kier molecular flexibility index (Phi) is 6.88. The maximum Gasteiger partial charge on any atom is 0.416 e. The fourth-order valence-electron chi connectivity index (χ4n) is 4.07. The predicted octanol–water partition coefficient (Wildman–Crippen LogP) is 3.52. The van der Waals surface area contributed by atoms with Gasteiger partial charge in [-0.2, -0.15) is 33.2 Å². The molecule has 3 N–H and O–H groups in total. The summed E-state index contributed by atoms with van der Waals surface area (Å²) in [6.07, 6.45) is 1.00. The summed E-state index contributed by atoms with van der Waals surface area (Å²) in [5.74, 6) is 2.20. The topological polar surface area (TPSA) is 106 Å². The Morgan fingerprint density at radius 1 is 1.06 bits per heavy atom. The molecule has 12 heteroatoms. The van der Waals surface area contributed by atoms with Gasteiger partial charge in [0.25, 0.3) is 0 Å². The first-order valence-corrected chi connectivity index (χ1v) is 11.9. The van der Waals surface area contributed by atoms with Gasteiger partial charge in [-0.25, -0.2) is 0 Å². The number of halogens is 3. The summed E-state index contributed by atoms with van der Waals surface area (Å²) < 4.78 is 39.3. The average Bonchev–Trinajstić information content (AvgIpc) is 3.62.